The molecule has 1 aromatic carbocycles. The summed E-state index contributed by atoms with van der Waals surface area (Å²) < 4.78 is 51.1. The quantitative estimate of drug-likeness (QED) is 0.607. The summed E-state index contributed by atoms with van der Waals surface area (Å²) in [5, 5.41) is 0. The molecule has 2 rings (SSSR count). The summed E-state index contributed by atoms with van der Waals surface area (Å²) in [5.74, 6) is -3.08. The Morgan fingerprint density at radius 2 is 1.53 bits per heavy atom. The summed E-state index contributed by atoms with van der Waals surface area (Å²) >= 11 is 0. The summed E-state index contributed by atoms with van der Waals surface area (Å²) in [6.07, 6.45) is -0.0344. The second-order valence-electron chi connectivity index (χ2n) is 5.75. The lowest BCUT2D eigenvalue weighted by Gasteiger charge is -2.32. The predicted octanol–water partition coefficient (Wildman–Crippen LogP) is 3.28. The number of rotatable bonds is 2. The fourth-order valence-electron chi connectivity index (χ4n) is 1.99. The molecule has 0 bridgehead atoms. The van der Waals surface area contributed by atoms with Gasteiger partial charge in [0.15, 0.2) is 11.6 Å². The van der Waals surface area contributed by atoms with Gasteiger partial charge in [0.1, 0.15) is 5.82 Å². The smallest absolute Gasteiger partial charge is 0.403 e. The second-order valence-corrected chi connectivity index (χ2v) is 5.75. The molecule has 1 aliphatic heterocycles. The van der Waals surface area contributed by atoms with E-state index < -0.39 is 35.8 Å². The first-order chi connectivity index (χ1) is 8.62. The van der Waals surface area contributed by atoms with Gasteiger partial charge in [-0.05, 0) is 39.3 Å². The van der Waals surface area contributed by atoms with Crippen molar-refractivity contribution in [1.29, 1.82) is 0 Å². The molecule has 0 unspecified atom stereocenters. The zero-order valence-electron chi connectivity index (χ0n) is 11.4. The molecule has 2 nitrogen and oxygen atoms in total. The van der Waals surface area contributed by atoms with Crippen LogP contribution < -0.4 is 0 Å². The Morgan fingerprint density at radius 1 is 1.00 bits per heavy atom. The minimum atomic E-state index is -1.20. The number of hydrogen-bond acceptors (Lipinski definition) is 2. The van der Waals surface area contributed by atoms with Gasteiger partial charge >= 0.3 is 7.12 Å². The lowest BCUT2D eigenvalue weighted by atomic mass is 9.80. The first-order valence-electron chi connectivity index (χ1n) is 6.11. The maximum Gasteiger partial charge on any atom is 0.462 e. The molecule has 104 valence electrons. The van der Waals surface area contributed by atoms with Gasteiger partial charge in [-0.15, -0.1) is 0 Å². The lowest BCUT2D eigenvalue weighted by molar-refractivity contribution is 0.00578. The zero-order valence-corrected chi connectivity index (χ0v) is 11.4. The van der Waals surface area contributed by atoms with Crippen LogP contribution in [0.1, 0.15) is 33.3 Å². The molecule has 6 heteroatoms. The van der Waals surface area contributed by atoms with Crippen molar-refractivity contribution < 1.29 is 22.5 Å². The van der Waals surface area contributed by atoms with Crippen molar-refractivity contribution in [3.8, 4) is 0 Å². The molecule has 0 N–H and O–H groups in total. The van der Waals surface area contributed by atoms with E-state index in [0.717, 1.165) is 6.07 Å². The molecule has 19 heavy (non-hydrogen) atoms. The molecule has 1 aliphatic rings. The van der Waals surface area contributed by atoms with Gasteiger partial charge in [0, 0.05) is 12.4 Å². The van der Waals surface area contributed by atoms with Crippen molar-refractivity contribution in [2.75, 3.05) is 0 Å². The van der Waals surface area contributed by atoms with E-state index >= 15 is 0 Å². The highest BCUT2D eigenvalue weighted by atomic mass is 19.2. The van der Waals surface area contributed by atoms with E-state index in [0.29, 0.717) is 6.07 Å². The normalized spacial score (nSPS) is 20.9. The number of halogens is 3. The third-order valence-corrected chi connectivity index (χ3v) is 3.76. The van der Waals surface area contributed by atoms with E-state index in [2.05, 4.69) is 0 Å². The van der Waals surface area contributed by atoms with Crippen molar-refractivity contribution in [1.82, 2.24) is 0 Å². The average molecular weight is 272 g/mol. The van der Waals surface area contributed by atoms with Gasteiger partial charge in [-0.25, -0.2) is 13.2 Å². The molecule has 0 atom stereocenters. The molecule has 0 aliphatic carbocycles. The van der Waals surface area contributed by atoms with Crippen molar-refractivity contribution in [2.24, 2.45) is 0 Å². The van der Waals surface area contributed by atoms with E-state index in [1.807, 2.05) is 27.7 Å². The third-order valence-electron chi connectivity index (χ3n) is 3.76. The van der Waals surface area contributed by atoms with Crippen LogP contribution in [0.25, 0.3) is 0 Å². The fraction of sp³-hybridized carbons (Fsp3) is 0.538. The van der Waals surface area contributed by atoms with Crippen LogP contribution in [0.5, 0.6) is 0 Å². The zero-order chi connectivity index (χ0) is 14.4. The van der Waals surface area contributed by atoms with Crippen LogP contribution in [-0.4, -0.2) is 18.3 Å². The molecule has 1 saturated heterocycles. The first kappa shape index (κ1) is 14.4. The van der Waals surface area contributed by atoms with Crippen LogP contribution in [0.3, 0.4) is 0 Å². The van der Waals surface area contributed by atoms with Crippen LogP contribution in [0.15, 0.2) is 12.1 Å². The lowest BCUT2D eigenvalue weighted by Crippen LogP contribution is -2.41. The summed E-state index contributed by atoms with van der Waals surface area (Å²) in [6.45, 7) is 7.43. The average Bonchev–Trinajstić information content (AvgIpc) is 2.43. The van der Waals surface area contributed by atoms with E-state index in [1.165, 1.54) is 0 Å². The SMILES string of the molecule is CC1(C)OB(Cc2cc(F)cc(F)c2F)OC1(C)C. The van der Waals surface area contributed by atoms with E-state index in [9.17, 15) is 13.2 Å². The largest absolute Gasteiger partial charge is 0.462 e. The fourth-order valence-corrected chi connectivity index (χ4v) is 1.99. The maximum atomic E-state index is 13.6. The van der Waals surface area contributed by atoms with Gasteiger partial charge in [-0.3, -0.25) is 0 Å². The van der Waals surface area contributed by atoms with Crippen LogP contribution in [0.4, 0.5) is 13.2 Å². The predicted molar refractivity (Wildman–Crippen MR) is 66.1 cm³/mol. The summed E-state index contributed by atoms with van der Waals surface area (Å²) in [4.78, 5) is 0. The van der Waals surface area contributed by atoms with Crippen molar-refractivity contribution in [3.63, 3.8) is 0 Å². The molecule has 0 saturated carbocycles. The van der Waals surface area contributed by atoms with Crippen LogP contribution in [0.2, 0.25) is 0 Å². The third kappa shape index (κ3) is 2.65. The molecule has 1 aromatic rings. The Bertz CT molecular complexity index is 487. The van der Waals surface area contributed by atoms with E-state index in [1.54, 1.807) is 0 Å². The minimum Gasteiger partial charge on any atom is -0.403 e. The molecule has 0 spiro atoms. The Balaban J connectivity index is 2.20. The molecular weight excluding hydrogens is 256 g/mol. The van der Waals surface area contributed by atoms with E-state index in [-0.39, 0.29) is 11.9 Å². The van der Waals surface area contributed by atoms with E-state index in [4.69, 9.17) is 9.31 Å². The van der Waals surface area contributed by atoms with Gasteiger partial charge in [0.05, 0.1) is 11.2 Å². The summed E-state index contributed by atoms with van der Waals surface area (Å²) in [7, 11) is -0.722. The molecule has 1 fully saturated rings. The molecular formula is C13H16BF3O2. The number of hydrogen-bond donors (Lipinski definition) is 0. The monoisotopic (exact) mass is 272 g/mol. The van der Waals surface area contributed by atoms with Gasteiger partial charge in [0.25, 0.3) is 0 Å². The first-order valence-corrected chi connectivity index (χ1v) is 6.11. The Hall–Kier alpha value is -1.01. The molecule has 0 radical (unpaired) electrons. The van der Waals surface area contributed by atoms with Crippen LogP contribution in [0, 0.1) is 17.5 Å². The molecule has 0 aromatic heterocycles. The van der Waals surface area contributed by atoms with Gasteiger partial charge < -0.3 is 9.31 Å². The molecule has 1 heterocycles. The van der Waals surface area contributed by atoms with Gasteiger partial charge in [0.2, 0.25) is 0 Å². The molecule has 0 amide bonds. The highest BCUT2D eigenvalue weighted by molar-refractivity contribution is 6.45. The summed E-state index contributed by atoms with van der Waals surface area (Å²) in [5.41, 5.74) is -1.20. The summed E-state index contributed by atoms with van der Waals surface area (Å²) in [6, 6.07) is 1.48. The van der Waals surface area contributed by atoms with Crippen LogP contribution >= 0.6 is 0 Å². The standard InChI is InChI=1S/C13H16BF3O2/c1-12(2)13(3,4)19-14(18-12)7-8-5-9(15)6-10(16)11(8)17/h5-6H,7H2,1-4H3. The van der Waals surface area contributed by atoms with Crippen molar-refractivity contribution in [2.45, 2.75) is 45.2 Å². The van der Waals surface area contributed by atoms with Gasteiger partial charge in [-0.2, -0.15) is 0 Å². The Kier molecular flexibility index (Phi) is 3.43. The van der Waals surface area contributed by atoms with Crippen LogP contribution in [-0.2, 0) is 15.6 Å². The highest BCUT2D eigenvalue weighted by Gasteiger charge is 2.51. The van der Waals surface area contributed by atoms with Crippen molar-refractivity contribution >= 4 is 7.12 Å². The topological polar surface area (TPSA) is 18.5 Å². The Morgan fingerprint density at radius 3 is 2.05 bits per heavy atom. The highest BCUT2D eigenvalue weighted by Crippen LogP contribution is 2.37. The minimum absolute atomic E-state index is 0.0344. The number of benzene rings is 1. The van der Waals surface area contributed by atoms with Crippen molar-refractivity contribution in [3.05, 3.63) is 35.1 Å². The van der Waals surface area contributed by atoms with Gasteiger partial charge in [-0.1, -0.05) is 0 Å². The second kappa shape index (κ2) is 4.53. The maximum absolute atomic E-state index is 13.6. The Labute approximate surface area is 111 Å².